The quantitative estimate of drug-likeness (QED) is 0.328. The minimum atomic E-state index is -1.62. The lowest BCUT2D eigenvalue weighted by Crippen LogP contribution is -2.52. The van der Waals surface area contributed by atoms with Crippen molar-refractivity contribution in [3.8, 4) is 0 Å². The molecule has 0 heterocycles. The summed E-state index contributed by atoms with van der Waals surface area (Å²) in [6, 6.07) is 0. The molecule has 0 aromatic rings. The largest absolute Gasteiger partial charge is 0.388 e. The maximum absolute atomic E-state index is 9.18. The fourth-order valence-electron chi connectivity index (χ4n) is 0.715. The topological polar surface area (TPSA) is 72.7 Å². The zero-order chi connectivity index (χ0) is 8.36. The number of hydrogen-bond donors (Lipinski definition) is 4. The summed E-state index contributed by atoms with van der Waals surface area (Å²) in [5.41, 5.74) is 0.0111. The molecule has 0 radical (unpaired) electrons. The molecule has 0 bridgehead atoms. The van der Waals surface area contributed by atoms with Crippen LogP contribution in [0.1, 0.15) is 20.8 Å². The van der Waals surface area contributed by atoms with Gasteiger partial charge >= 0.3 is 0 Å². The molecule has 62 valence electrons. The van der Waals surface area contributed by atoms with Crippen molar-refractivity contribution in [3.05, 3.63) is 0 Å². The third-order valence-electron chi connectivity index (χ3n) is 1.43. The minimum Gasteiger partial charge on any atom is -0.388 e. The number of hydrogen-bond acceptors (Lipinski definition) is 4. The molecule has 0 aliphatic carbocycles. The molecule has 4 N–H and O–H groups in total. The van der Waals surface area contributed by atoms with Crippen LogP contribution in [0.25, 0.3) is 0 Å². The Kier molecular flexibility index (Phi) is 3.24. The van der Waals surface area contributed by atoms with E-state index in [1.807, 2.05) is 0 Å². The van der Waals surface area contributed by atoms with Crippen LogP contribution < -0.4 is 5.48 Å². The van der Waals surface area contributed by atoms with Crippen molar-refractivity contribution in [2.75, 3.05) is 0 Å². The highest BCUT2D eigenvalue weighted by Crippen LogP contribution is 2.13. The summed E-state index contributed by atoms with van der Waals surface area (Å²) in [5, 5.41) is 26.7. The summed E-state index contributed by atoms with van der Waals surface area (Å²) < 4.78 is 0. The van der Waals surface area contributed by atoms with E-state index >= 15 is 0 Å². The molecule has 0 saturated carbocycles. The van der Waals surface area contributed by atoms with Crippen LogP contribution in [0, 0.1) is 5.92 Å². The fourth-order valence-corrected chi connectivity index (χ4v) is 0.715. The average molecular weight is 149 g/mol. The standard InChI is InChI=1S/C6H15NO3/c1-4(2)5(8)6(3,9)7-10/h4-5,7-10H,1-3H3. The summed E-state index contributed by atoms with van der Waals surface area (Å²) in [7, 11) is 0. The van der Waals surface area contributed by atoms with Gasteiger partial charge in [-0.1, -0.05) is 13.8 Å². The van der Waals surface area contributed by atoms with Crippen LogP contribution in [-0.4, -0.2) is 27.2 Å². The number of nitrogens with one attached hydrogen (secondary N) is 1. The summed E-state index contributed by atoms with van der Waals surface area (Å²) in [4.78, 5) is 0. The molecule has 0 aliphatic rings. The first-order chi connectivity index (χ1) is 4.41. The Hall–Kier alpha value is -0.160. The Morgan fingerprint density at radius 3 is 1.90 bits per heavy atom. The van der Waals surface area contributed by atoms with Crippen molar-refractivity contribution in [2.45, 2.75) is 32.6 Å². The van der Waals surface area contributed by atoms with E-state index in [1.165, 1.54) is 6.92 Å². The second kappa shape index (κ2) is 3.30. The monoisotopic (exact) mass is 149 g/mol. The van der Waals surface area contributed by atoms with Gasteiger partial charge in [0.05, 0.1) is 0 Å². The van der Waals surface area contributed by atoms with Gasteiger partial charge < -0.3 is 15.4 Å². The first kappa shape index (κ1) is 9.84. The van der Waals surface area contributed by atoms with Crippen LogP contribution in [0.3, 0.4) is 0 Å². The Balaban J connectivity index is 4.03. The highest BCUT2D eigenvalue weighted by molar-refractivity contribution is 4.77. The van der Waals surface area contributed by atoms with Gasteiger partial charge in [0, 0.05) is 0 Å². The zero-order valence-electron chi connectivity index (χ0n) is 6.50. The maximum Gasteiger partial charge on any atom is 0.160 e. The highest BCUT2D eigenvalue weighted by Gasteiger charge is 2.31. The normalized spacial score (nSPS) is 20.7. The number of aliphatic hydroxyl groups is 2. The Morgan fingerprint density at radius 2 is 1.80 bits per heavy atom. The second-order valence-corrected chi connectivity index (χ2v) is 2.95. The van der Waals surface area contributed by atoms with Gasteiger partial charge in [0.2, 0.25) is 0 Å². The number of hydroxylamine groups is 1. The molecule has 0 aliphatic heterocycles. The molecule has 0 fully saturated rings. The lowest BCUT2D eigenvalue weighted by molar-refractivity contribution is -0.162. The summed E-state index contributed by atoms with van der Waals surface area (Å²) in [6.45, 7) is 4.80. The lowest BCUT2D eigenvalue weighted by Gasteiger charge is -2.29. The predicted molar refractivity (Wildman–Crippen MR) is 36.4 cm³/mol. The molecular weight excluding hydrogens is 134 g/mol. The second-order valence-electron chi connectivity index (χ2n) is 2.95. The lowest BCUT2D eigenvalue weighted by atomic mass is 9.98. The smallest absolute Gasteiger partial charge is 0.160 e. The van der Waals surface area contributed by atoms with Gasteiger partial charge in [0.25, 0.3) is 0 Å². The highest BCUT2D eigenvalue weighted by atomic mass is 16.5. The summed E-state index contributed by atoms with van der Waals surface area (Å²) in [5.74, 6) is -0.102. The van der Waals surface area contributed by atoms with Gasteiger partial charge in [0.15, 0.2) is 5.72 Å². The molecule has 2 atom stereocenters. The molecular formula is C6H15NO3. The maximum atomic E-state index is 9.18. The summed E-state index contributed by atoms with van der Waals surface area (Å²) in [6.07, 6.45) is -0.975. The third kappa shape index (κ3) is 2.22. The van der Waals surface area contributed by atoms with Crippen molar-refractivity contribution in [3.63, 3.8) is 0 Å². The van der Waals surface area contributed by atoms with Gasteiger partial charge in [-0.05, 0) is 12.8 Å². The first-order valence-electron chi connectivity index (χ1n) is 3.23. The molecule has 0 saturated heterocycles. The van der Waals surface area contributed by atoms with Crippen LogP contribution in [0.2, 0.25) is 0 Å². The van der Waals surface area contributed by atoms with Gasteiger partial charge in [-0.25, -0.2) is 0 Å². The third-order valence-corrected chi connectivity index (χ3v) is 1.43. The molecule has 4 heteroatoms. The van der Waals surface area contributed by atoms with E-state index in [0.29, 0.717) is 0 Å². The van der Waals surface area contributed by atoms with E-state index in [0.717, 1.165) is 0 Å². The molecule has 0 aromatic heterocycles. The molecule has 0 amide bonds. The zero-order valence-corrected chi connectivity index (χ0v) is 6.50. The van der Waals surface area contributed by atoms with Crippen LogP contribution in [0.15, 0.2) is 0 Å². The summed E-state index contributed by atoms with van der Waals surface area (Å²) >= 11 is 0. The first-order valence-corrected chi connectivity index (χ1v) is 3.23. The van der Waals surface area contributed by atoms with E-state index in [4.69, 9.17) is 10.3 Å². The van der Waals surface area contributed by atoms with E-state index in [-0.39, 0.29) is 5.92 Å². The molecule has 4 nitrogen and oxygen atoms in total. The predicted octanol–water partition coefficient (Wildman–Crippen LogP) is -0.309. The van der Waals surface area contributed by atoms with Crippen molar-refractivity contribution in [2.24, 2.45) is 5.92 Å². The van der Waals surface area contributed by atoms with Crippen LogP contribution in [-0.2, 0) is 0 Å². The average Bonchev–Trinajstić information content (AvgIpc) is 1.86. The number of rotatable bonds is 3. The van der Waals surface area contributed by atoms with E-state index in [2.05, 4.69) is 0 Å². The SMILES string of the molecule is CC(C)C(O)C(C)(O)NO. The fraction of sp³-hybridized carbons (Fsp3) is 1.00. The van der Waals surface area contributed by atoms with Crippen LogP contribution in [0.4, 0.5) is 0 Å². The Labute approximate surface area is 60.5 Å². The van der Waals surface area contributed by atoms with Gasteiger partial charge in [-0.15, -0.1) is 0 Å². The van der Waals surface area contributed by atoms with Gasteiger partial charge in [-0.3, -0.25) is 0 Å². The molecule has 10 heavy (non-hydrogen) atoms. The van der Waals surface area contributed by atoms with Gasteiger partial charge in [-0.2, -0.15) is 5.48 Å². The molecule has 0 aromatic carbocycles. The van der Waals surface area contributed by atoms with E-state index in [9.17, 15) is 5.11 Å². The minimum absolute atomic E-state index is 0.102. The van der Waals surface area contributed by atoms with Crippen LogP contribution in [0.5, 0.6) is 0 Å². The van der Waals surface area contributed by atoms with Crippen molar-refractivity contribution >= 4 is 0 Å². The Bertz CT molecular complexity index is 103. The van der Waals surface area contributed by atoms with Crippen molar-refractivity contribution in [1.82, 2.24) is 5.48 Å². The molecule has 0 spiro atoms. The van der Waals surface area contributed by atoms with E-state index in [1.54, 1.807) is 19.3 Å². The molecule has 0 rings (SSSR count). The van der Waals surface area contributed by atoms with E-state index < -0.39 is 11.8 Å². The van der Waals surface area contributed by atoms with Crippen LogP contribution >= 0.6 is 0 Å². The van der Waals surface area contributed by atoms with Gasteiger partial charge in [0.1, 0.15) is 6.10 Å². The molecule has 2 unspecified atom stereocenters. The van der Waals surface area contributed by atoms with Crippen molar-refractivity contribution in [1.29, 1.82) is 0 Å². The Morgan fingerprint density at radius 1 is 1.40 bits per heavy atom. The van der Waals surface area contributed by atoms with Crippen molar-refractivity contribution < 1.29 is 15.4 Å². The number of aliphatic hydroxyl groups excluding tert-OH is 1.